The van der Waals surface area contributed by atoms with Crippen LogP contribution in [0.5, 0.6) is 0 Å². The summed E-state index contributed by atoms with van der Waals surface area (Å²) in [4.78, 5) is 0. The quantitative estimate of drug-likeness (QED) is 0.185. The number of hydrogen-bond acceptors (Lipinski definition) is 10. The molecule has 0 bridgehead atoms. The molecular formula is C24H38O10. The average Bonchev–Trinajstić information content (AvgIpc) is 2.85. The van der Waals surface area contributed by atoms with Gasteiger partial charge in [0.15, 0.2) is 0 Å². The van der Waals surface area contributed by atoms with Crippen molar-refractivity contribution in [3.8, 4) is 0 Å². The molecule has 0 spiro atoms. The van der Waals surface area contributed by atoms with E-state index in [4.69, 9.17) is 9.47 Å². The molecule has 1 aromatic rings. The van der Waals surface area contributed by atoms with Crippen molar-refractivity contribution in [1.82, 2.24) is 0 Å². The molecule has 194 valence electrons. The van der Waals surface area contributed by atoms with Gasteiger partial charge < -0.3 is 50.3 Å². The fourth-order valence-corrected chi connectivity index (χ4v) is 4.72. The second kappa shape index (κ2) is 12.7. The van der Waals surface area contributed by atoms with Crippen molar-refractivity contribution < 1.29 is 50.3 Å². The zero-order valence-electron chi connectivity index (χ0n) is 19.1. The van der Waals surface area contributed by atoms with Gasteiger partial charge in [-0.25, -0.2) is 0 Å². The Morgan fingerprint density at radius 1 is 0.500 bits per heavy atom. The minimum absolute atomic E-state index is 0.431. The van der Waals surface area contributed by atoms with Crippen molar-refractivity contribution >= 4 is 0 Å². The first kappa shape index (κ1) is 27.4. The van der Waals surface area contributed by atoms with Crippen LogP contribution in [0.15, 0.2) is 24.3 Å². The molecule has 0 unspecified atom stereocenters. The summed E-state index contributed by atoms with van der Waals surface area (Å²) in [6.07, 6.45) is -7.06. The number of hydrogen-bond donors (Lipinski definition) is 8. The molecule has 10 atom stereocenters. The van der Waals surface area contributed by atoms with Crippen molar-refractivity contribution in [3.63, 3.8) is 0 Å². The molecule has 10 heteroatoms. The Hall–Kier alpha value is -1.18. The first-order valence-electron chi connectivity index (χ1n) is 12.0. The van der Waals surface area contributed by atoms with Gasteiger partial charge in [-0.05, 0) is 49.7 Å². The van der Waals surface area contributed by atoms with Crippen LogP contribution in [0.25, 0.3) is 0 Å². The molecule has 2 saturated heterocycles. The van der Waals surface area contributed by atoms with Crippen LogP contribution in [0, 0.1) is 0 Å². The van der Waals surface area contributed by atoms with E-state index in [0.717, 1.165) is 24.0 Å². The van der Waals surface area contributed by atoms with Crippen molar-refractivity contribution in [2.24, 2.45) is 0 Å². The lowest BCUT2D eigenvalue weighted by atomic mass is 9.91. The summed E-state index contributed by atoms with van der Waals surface area (Å²) < 4.78 is 11.1. The van der Waals surface area contributed by atoms with Gasteiger partial charge in [-0.2, -0.15) is 0 Å². The summed E-state index contributed by atoms with van der Waals surface area (Å²) in [5.74, 6) is 0. The Balaban J connectivity index is 1.40. The van der Waals surface area contributed by atoms with E-state index in [1.54, 1.807) is 0 Å². The monoisotopic (exact) mass is 486 g/mol. The van der Waals surface area contributed by atoms with Gasteiger partial charge in [0, 0.05) is 0 Å². The maximum Gasteiger partial charge on any atom is 0.111 e. The molecule has 0 aliphatic carbocycles. The number of aliphatic hydroxyl groups excluding tert-OH is 8. The summed E-state index contributed by atoms with van der Waals surface area (Å²) in [6.45, 7) is -0.863. The molecule has 34 heavy (non-hydrogen) atoms. The van der Waals surface area contributed by atoms with Gasteiger partial charge in [-0.3, -0.25) is 0 Å². The van der Waals surface area contributed by atoms with Crippen LogP contribution < -0.4 is 0 Å². The first-order chi connectivity index (χ1) is 16.3. The predicted octanol–water partition coefficient (Wildman–Crippen LogP) is -1.98. The van der Waals surface area contributed by atoms with E-state index in [1.807, 2.05) is 24.3 Å². The van der Waals surface area contributed by atoms with Crippen LogP contribution in [0.1, 0.15) is 36.8 Å². The Kier molecular flexibility index (Phi) is 10.2. The van der Waals surface area contributed by atoms with Gasteiger partial charge in [0.05, 0.1) is 25.4 Å². The van der Waals surface area contributed by atoms with Gasteiger partial charge >= 0.3 is 0 Å². The van der Waals surface area contributed by atoms with Crippen LogP contribution >= 0.6 is 0 Å². The molecular weight excluding hydrogens is 448 g/mol. The Bertz CT molecular complexity index is 666. The molecule has 0 aromatic heterocycles. The third-order valence-electron chi connectivity index (χ3n) is 6.91. The van der Waals surface area contributed by atoms with Crippen molar-refractivity contribution in [3.05, 3.63) is 35.4 Å². The second-order valence-corrected chi connectivity index (χ2v) is 9.34. The van der Waals surface area contributed by atoms with Crippen LogP contribution in [0.2, 0.25) is 0 Å². The zero-order valence-corrected chi connectivity index (χ0v) is 19.1. The van der Waals surface area contributed by atoms with Crippen LogP contribution in [0.3, 0.4) is 0 Å². The fourth-order valence-electron chi connectivity index (χ4n) is 4.72. The normalized spacial score (nSPS) is 38.7. The minimum atomic E-state index is -1.35. The summed E-state index contributed by atoms with van der Waals surface area (Å²) in [5, 5.41) is 78.3. The van der Waals surface area contributed by atoms with E-state index < -0.39 is 74.3 Å². The molecule has 3 rings (SSSR count). The number of aliphatic hydroxyl groups is 8. The molecule has 0 radical (unpaired) electrons. The third-order valence-corrected chi connectivity index (χ3v) is 6.91. The van der Waals surface area contributed by atoms with E-state index in [1.165, 1.54) is 0 Å². The fraction of sp³-hybridized carbons (Fsp3) is 0.750. The average molecular weight is 487 g/mol. The van der Waals surface area contributed by atoms with Crippen LogP contribution in [0.4, 0.5) is 0 Å². The van der Waals surface area contributed by atoms with E-state index in [-0.39, 0.29) is 0 Å². The summed E-state index contributed by atoms with van der Waals surface area (Å²) in [6, 6.07) is 8.04. The Morgan fingerprint density at radius 3 is 1.15 bits per heavy atom. The minimum Gasteiger partial charge on any atom is -0.394 e. The van der Waals surface area contributed by atoms with E-state index in [0.29, 0.717) is 25.7 Å². The molecule has 0 amide bonds. The molecule has 2 aliphatic heterocycles. The lowest BCUT2D eigenvalue weighted by Gasteiger charge is -2.40. The van der Waals surface area contributed by atoms with E-state index in [9.17, 15) is 40.9 Å². The lowest BCUT2D eigenvalue weighted by molar-refractivity contribution is -0.230. The largest absolute Gasteiger partial charge is 0.394 e. The predicted molar refractivity (Wildman–Crippen MR) is 120 cm³/mol. The van der Waals surface area contributed by atoms with Gasteiger partial charge in [-0.1, -0.05) is 24.3 Å². The molecule has 2 heterocycles. The highest BCUT2D eigenvalue weighted by Gasteiger charge is 2.43. The van der Waals surface area contributed by atoms with Gasteiger partial charge in [0.2, 0.25) is 0 Å². The smallest absolute Gasteiger partial charge is 0.111 e. The molecule has 1 aromatic carbocycles. The maximum atomic E-state index is 10.1. The Labute approximate surface area is 199 Å². The second-order valence-electron chi connectivity index (χ2n) is 9.34. The maximum absolute atomic E-state index is 10.1. The van der Waals surface area contributed by atoms with E-state index in [2.05, 4.69) is 0 Å². The highest BCUT2D eigenvalue weighted by molar-refractivity contribution is 5.22. The SMILES string of the molecule is OC[C@H]1O[C@H](CCCc2ccc(CCC[C@H]3O[C@H](CO)[C@@H](O)[C@H](O)[C@H]3O)cc2)[C@@H](O)[C@@H](O)[C@@H]1O. The van der Waals surface area contributed by atoms with Crippen molar-refractivity contribution in [2.45, 2.75) is 99.6 Å². The van der Waals surface area contributed by atoms with E-state index >= 15 is 0 Å². The summed E-state index contributed by atoms with van der Waals surface area (Å²) in [7, 11) is 0. The molecule has 2 aliphatic rings. The zero-order chi connectivity index (χ0) is 24.8. The van der Waals surface area contributed by atoms with Crippen LogP contribution in [-0.2, 0) is 22.3 Å². The lowest BCUT2D eigenvalue weighted by Crippen LogP contribution is -2.58. The molecule has 2 fully saturated rings. The highest BCUT2D eigenvalue weighted by Crippen LogP contribution is 2.26. The summed E-state index contributed by atoms with van der Waals surface area (Å²) in [5.41, 5.74) is 2.20. The number of benzene rings is 1. The van der Waals surface area contributed by atoms with Crippen LogP contribution in [-0.4, -0.2) is 115 Å². The topological polar surface area (TPSA) is 180 Å². The molecule has 10 nitrogen and oxygen atoms in total. The third kappa shape index (κ3) is 6.52. The van der Waals surface area contributed by atoms with Crippen molar-refractivity contribution in [1.29, 1.82) is 0 Å². The molecule has 0 saturated carbocycles. The standard InChI is InChI=1S/C24H38O10/c25-11-17-21(29)23(31)19(27)15(33-17)5-1-3-13-7-9-14(10-8-13)4-2-6-16-20(28)24(32)22(30)18(12-26)34-16/h7-10,15-32H,1-6,11-12H2/t15-,16-,17-,18-,19-,20+,21-,22-,23-,24-/m1/s1. The van der Waals surface area contributed by atoms with Gasteiger partial charge in [0.25, 0.3) is 0 Å². The molecule has 8 N–H and O–H groups in total. The first-order valence-corrected chi connectivity index (χ1v) is 12.0. The van der Waals surface area contributed by atoms with Gasteiger partial charge in [0.1, 0.15) is 48.8 Å². The van der Waals surface area contributed by atoms with Crippen molar-refractivity contribution in [2.75, 3.05) is 13.2 Å². The number of aryl methyl sites for hydroxylation is 2. The Morgan fingerprint density at radius 2 is 0.824 bits per heavy atom. The number of rotatable bonds is 10. The highest BCUT2D eigenvalue weighted by atomic mass is 16.5. The van der Waals surface area contributed by atoms with Gasteiger partial charge in [-0.15, -0.1) is 0 Å². The summed E-state index contributed by atoms with van der Waals surface area (Å²) >= 11 is 0. The number of ether oxygens (including phenoxy) is 2.